The summed E-state index contributed by atoms with van der Waals surface area (Å²) in [6.07, 6.45) is -19.5. The molecule has 12 aliphatic heterocycles. The number of cyclic esters (lactones) is 3. The Balaban J connectivity index is 0.000000275. The second-order valence-electron chi connectivity index (χ2n) is 49.3. The number of likely N-dealkylation sites (N-methyl/N-ethyl adjacent to an activating group) is 3. The molecule has 10 saturated heterocycles. The molecule has 52 atom stereocenters. The van der Waals surface area contributed by atoms with Gasteiger partial charge in [-0.2, -0.15) is 0 Å². The predicted octanol–water partition coefficient (Wildman–Crippen LogP) is 8.84. The van der Waals surface area contributed by atoms with Gasteiger partial charge in [-0.3, -0.25) is 19.2 Å². The first-order chi connectivity index (χ1) is 69.3. The molecule has 39 nitrogen and oxygen atoms in total. The number of ketones is 1. The Labute approximate surface area is 894 Å². The molecule has 12 rings (SSSR count). The summed E-state index contributed by atoms with van der Waals surface area (Å²) in [5, 5.41) is 126. The Morgan fingerprint density at radius 2 is 0.713 bits per heavy atom. The third kappa shape index (κ3) is 26.6. The highest BCUT2D eigenvalue weighted by Gasteiger charge is 2.67. The van der Waals surface area contributed by atoms with E-state index in [4.69, 9.17) is 99.5 Å². The van der Waals surface area contributed by atoms with E-state index < -0.39 is 293 Å². The topological polar surface area (TPSA) is 494 Å². The molecule has 10 fully saturated rings. The van der Waals surface area contributed by atoms with E-state index in [-0.39, 0.29) is 83.7 Å². The standard InChI is InChI=1S/C37H67NO13.C37H65NO12.C37H63NO11/c1-14-25-37(10,45)30(41)20(4)27(39)18(2)16-35(8,44)32(51-34-28(40)24(38(11)12)15-19(3)47-34)21(5)29(22(6)33(43)49-25)50-26-17-36(9,46-13)31(42)23(7)48-26;1-14-25-37(10,43)30(40)20(4)28-18(2)16-36(9,50-28)32(49-34-27(39)24(38(11)12)15-19(3)45-34)21(5)29(22(6)33(42)47-25)48-26-17-35(8,44-13)31(41)23(7)46-26;1-14-26-34(8)16-19(2)37(48-34)20(3)17-36(10,49-37)31(47-33-28(39)25(38(11)12)15-21(4)43-33)22(5)29(23(6)32(41)45-26)46-27-18-35(9,42-13)30(40)24(7)44-27/h18-26,28-32,34,40-42,44-45H,14-17H2,1-13H3;19-27,29-32,34,39-41,43H,14-17H2,1-13H3;16,20-31,33,39-40H,14-15,17-18H2,1-13H3/p+2/t18-,19-,20+,21+,22-,23+,24+,25-,26+,28-,29+,30-,31+,32-,34+,35+,36-,37-;19-,20+,21+,22-,23+,24+,25-,26+,27-,29+,30-,31+,32-,34+,35-,36-,37-;20-,21-,22+,23-,24+,25+,26-,27+,28-,29+,30+,31-,33+,34+,35-,36+,37-/m111/s1. The van der Waals surface area contributed by atoms with Gasteiger partial charge in [0.1, 0.15) is 95.0 Å². The molecule has 1 spiro atoms. The average Bonchev–Trinajstić information content (AvgIpc) is 1.55. The van der Waals surface area contributed by atoms with Crippen LogP contribution in [0, 0.1) is 59.2 Å². The van der Waals surface area contributed by atoms with Crippen LogP contribution in [0.2, 0.25) is 0 Å². The normalized spacial score (nSPS) is 50.5. The largest absolute Gasteiger partial charge is 1.00 e. The second kappa shape index (κ2) is 49.8. The Bertz CT molecular complexity index is 4490. The molecule has 0 aromatic carbocycles. The molecule has 0 aliphatic carbocycles. The van der Waals surface area contributed by atoms with E-state index in [0.29, 0.717) is 44.3 Å². The summed E-state index contributed by atoms with van der Waals surface area (Å²) in [4.78, 5) is 62.0. The maximum absolute atomic E-state index is 14.2. The highest BCUT2D eigenvalue weighted by atomic mass is 16.8. The quantitative estimate of drug-likeness (QED) is 0.0290. The van der Waals surface area contributed by atoms with Crippen LogP contribution in [0.5, 0.6) is 0 Å². The second-order valence-corrected chi connectivity index (χ2v) is 49.3. The monoisotopic (exact) mass is 2150 g/mol. The Hall–Kier alpha value is -3.88. The van der Waals surface area contributed by atoms with Crippen LogP contribution < -0.4 is 0 Å². The van der Waals surface area contributed by atoms with Gasteiger partial charge in [0.15, 0.2) is 43.5 Å². The lowest BCUT2D eigenvalue weighted by molar-refractivity contribution is -0.337. The minimum absolute atomic E-state index is 0. The van der Waals surface area contributed by atoms with Crippen molar-refractivity contribution in [3.05, 3.63) is 23.0 Å². The molecule has 39 heteroatoms. The van der Waals surface area contributed by atoms with Crippen molar-refractivity contribution in [1.82, 2.24) is 14.7 Å². The molecule has 0 unspecified atom stereocenters. The smallest absolute Gasteiger partial charge is 0.489 e. The SMILES string of the molecule is CC[C@H]1OC(=O)[C@H](C)[C@@H](O[C@H]2C[C@@](C)(OC)[C@@H](O)[C@H](C)O2)[C@H](C)[C@@H](O[C@@H]2O[C@H](C)C[C@H](N(C)C)[C@H]2O)[C@@](C)(O)C[C@@H](C)C(=O)[C@H](C)[C@@H](O)[C@]1(C)O.CC[C@H]1OC(=O)[C@H](C)[C@@H](O[C@H]2C[C@@](C)(OC)[C@@H](O)[C@H](C)O2)[C@H](C)[C@@H](O[C@@H]2O[C@H](C)C[C@H](N(C)C)[C@H]2O)[C@@]2(C)CC(C)=C(O2)[C@H](C)[C@@H](O)[C@]1(C)O.CC[C@H]1OC(=O)[C@H](C)[C@@H](O[C@H]2C[C@@](C)(OC)[C@@H](O)[C@H](C)O2)[C@H](C)[C@@H](O[C@@H]2O[C@H](C)C[C@H](N(C)C)[C@H]2O)[C@]2(C)C[C@@H](C)[C@]3(O[C@@]1(C)C=C3C)O2.[H+].[H+]. The Kier molecular flexibility index (Phi) is 42.4. The van der Waals surface area contributed by atoms with Gasteiger partial charge >= 0.3 is 20.8 Å². The number of fused-ring (bicyclic) bond motifs is 4. The van der Waals surface area contributed by atoms with Gasteiger partial charge < -0.3 is 170 Å². The molecule has 12 aliphatic rings. The number of hydrogen-bond donors (Lipinski definition) is 11. The predicted molar refractivity (Wildman–Crippen MR) is 552 cm³/mol. The summed E-state index contributed by atoms with van der Waals surface area (Å²) < 4.78 is 134. The van der Waals surface area contributed by atoms with Gasteiger partial charge in [-0.05, 0) is 249 Å². The number of aliphatic hydroxyl groups excluding tert-OH is 8. The van der Waals surface area contributed by atoms with Gasteiger partial charge in [0.2, 0.25) is 0 Å². The molecule has 5 bridgehead atoms. The molecule has 150 heavy (non-hydrogen) atoms. The highest BCUT2D eigenvalue weighted by Crippen LogP contribution is 2.58. The van der Waals surface area contributed by atoms with E-state index in [2.05, 4.69) is 6.92 Å². The molecular weight excluding hydrogens is 1950 g/mol. The number of carbonyl (C=O) groups is 4. The summed E-state index contributed by atoms with van der Waals surface area (Å²) >= 11 is 0. The fraction of sp³-hybridized carbons (Fsp3) is 0.928. The first-order valence-corrected chi connectivity index (χ1v) is 55.0. The molecular formula is C111H197N3O36+2. The third-order valence-electron chi connectivity index (χ3n) is 36.0. The van der Waals surface area contributed by atoms with E-state index in [1.54, 1.807) is 97.1 Å². The van der Waals surface area contributed by atoms with Crippen molar-refractivity contribution in [2.24, 2.45) is 59.2 Å². The lowest BCUT2D eigenvalue weighted by Gasteiger charge is -2.49. The Morgan fingerprint density at radius 3 is 1.05 bits per heavy atom. The number of Topliss-reactive ketones (excluding diaryl/α,β-unsaturated/α-hetero) is 1. The van der Waals surface area contributed by atoms with E-state index in [0.717, 1.165) is 11.1 Å². The first kappa shape index (κ1) is 128. The summed E-state index contributed by atoms with van der Waals surface area (Å²) in [6.45, 7) is 53.7. The van der Waals surface area contributed by atoms with Crippen molar-refractivity contribution in [2.75, 3.05) is 63.6 Å². The van der Waals surface area contributed by atoms with E-state index in [9.17, 15) is 75.3 Å². The van der Waals surface area contributed by atoms with E-state index in [1.807, 2.05) is 146 Å². The third-order valence-corrected chi connectivity index (χ3v) is 36.0. The molecule has 0 aromatic heterocycles. The van der Waals surface area contributed by atoms with Crippen LogP contribution in [0.3, 0.4) is 0 Å². The molecule has 870 valence electrons. The summed E-state index contributed by atoms with van der Waals surface area (Å²) in [5.41, 5.74) is -9.74. The maximum Gasteiger partial charge on any atom is 1.00 e. The van der Waals surface area contributed by atoms with Gasteiger partial charge in [0.25, 0.3) is 0 Å². The first-order valence-electron chi connectivity index (χ1n) is 55.0. The number of hydrogen-bond acceptors (Lipinski definition) is 39. The number of ether oxygens (including phenoxy) is 21. The van der Waals surface area contributed by atoms with Crippen molar-refractivity contribution >= 4 is 23.7 Å². The zero-order chi connectivity index (χ0) is 113. The number of esters is 3. The minimum Gasteiger partial charge on any atom is -0.489 e. The lowest BCUT2D eigenvalue weighted by Crippen LogP contribution is -2.61. The fourth-order valence-corrected chi connectivity index (χ4v) is 26.5. The number of nitrogens with zero attached hydrogens (tertiary/aromatic N) is 3. The van der Waals surface area contributed by atoms with Crippen molar-refractivity contribution < 1.29 is 178 Å². The van der Waals surface area contributed by atoms with Gasteiger partial charge in [-0.1, -0.05) is 69.2 Å². The number of carbonyl (C=O) groups excluding carboxylic acids is 4. The highest BCUT2D eigenvalue weighted by molar-refractivity contribution is 5.83. The van der Waals surface area contributed by atoms with Crippen LogP contribution in [0.1, 0.15) is 288 Å². The van der Waals surface area contributed by atoms with Crippen LogP contribution in [-0.4, -0.2) is 411 Å². The minimum atomic E-state index is -1.99. The zero-order valence-electron chi connectivity index (χ0n) is 99.3. The van der Waals surface area contributed by atoms with Gasteiger partial charge in [-0.25, -0.2) is 0 Å². The van der Waals surface area contributed by atoms with Crippen molar-refractivity contribution in [2.45, 2.75) is 537 Å². The number of rotatable bonds is 21. The van der Waals surface area contributed by atoms with E-state index in [1.165, 1.54) is 41.9 Å². The van der Waals surface area contributed by atoms with Gasteiger partial charge in [0.05, 0.1) is 125 Å². The summed E-state index contributed by atoms with van der Waals surface area (Å²) in [5.74, 6) is -10.2. The van der Waals surface area contributed by atoms with Gasteiger partial charge in [0, 0.05) is 107 Å². The maximum atomic E-state index is 14.2. The van der Waals surface area contributed by atoms with E-state index >= 15 is 0 Å². The molecule has 0 aromatic rings. The van der Waals surface area contributed by atoms with Crippen LogP contribution in [-0.2, 0) is 119 Å². The van der Waals surface area contributed by atoms with Crippen LogP contribution in [0.25, 0.3) is 0 Å². The summed E-state index contributed by atoms with van der Waals surface area (Å²) in [6, 6.07) is -0.749. The summed E-state index contributed by atoms with van der Waals surface area (Å²) in [7, 11) is 16.0. The molecule has 12 heterocycles. The van der Waals surface area contributed by atoms with Crippen LogP contribution in [0.4, 0.5) is 0 Å². The lowest BCUT2D eigenvalue weighted by atomic mass is 9.74. The molecule has 11 N–H and O–H groups in total. The van der Waals surface area contributed by atoms with Crippen LogP contribution >= 0.6 is 0 Å². The molecule has 0 amide bonds. The zero-order valence-corrected chi connectivity index (χ0v) is 97.3. The van der Waals surface area contributed by atoms with Crippen molar-refractivity contribution in [3.8, 4) is 0 Å². The van der Waals surface area contributed by atoms with Crippen LogP contribution in [0.15, 0.2) is 23.0 Å². The Morgan fingerprint density at radius 1 is 0.393 bits per heavy atom. The number of methoxy groups -OCH3 is 3. The fourth-order valence-electron chi connectivity index (χ4n) is 26.5. The average molecular weight is 2150 g/mol. The molecule has 0 radical (unpaired) electrons. The van der Waals surface area contributed by atoms with Crippen molar-refractivity contribution in [1.29, 1.82) is 0 Å². The number of aliphatic hydroxyl groups is 11. The van der Waals surface area contributed by atoms with Crippen molar-refractivity contribution in [3.63, 3.8) is 0 Å². The van der Waals surface area contributed by atoms with Gasteiger partial charge in [-0.15, -0.1) is 0 Å². The molecule has 0 saturated carbocycles.